The van der Waals surface area contributed by atoms with E-state index < -0.39 is 0 Å². The topological polar surface area (TPSA) is 38.2 Å². The van der Waals surface area contributed by atoms with E-state index in [1.165, 1.54) is 0 Å². The maximum Gasteiger partial charge on any atom is 0.224 e. The predicted octanol–water partition coefficient (Wildman–Crippen LogP) is 2.57. The van der Waals surface area contributed by atoms with Crippen LogP contribution in [0.25, 0.3) is 10.2 Å². The van der Waals surface area contributed by atoms with Crippen LogP contribution in [0.1, 0.15) is 6.92 Å². The molecule has 3 heterocycles. The number of aromatic nitrogens is 2. The molecule has 17 heavy (non-hydrogen) atoms. The zero-order valence-corrected chi connectivity index (χ0v) is 11.0. The third-order valence-electron chi connectivity index (χ3n) is 2.90. The van der Waals surface area contributed by atoms with Crippen LogP contribution in [0.15, 0.2) is 11.4 Å². The van der Waals surface area contributed by atoms with Gasteiger partial charge in [-0.2, -0.15) is 4.98 Å². The third kappa shape index (κ3) is 1.99. The fourth-order valence-electron chi connectivity index (χ4n) is 2.06. The second kappa shape index (κ2) is 4.40. The SMILES string of the molecule is C[C@@H]1COCCN1c1nc(Cl)nc2ccsc12. The number of halogens is 1. The molecule has 0 saturated carbocycles. The molecule has 2 aromatic heterocycles. The fourth-order valence-corrected chi connectivity index (χ4v) is 3.06. The molecule has 2 aromatic rings. The summed E-state index contributed by atoms with van der Waals surface area (Å²) in [6, 6.07) is 2.29. The Morgan fingerprint density at radius 2 is 2.41 bits per heavy atom. The molecule has 0 bridgehead atoms. The number of nitrogens with zero attached hydrogens (tertiary/aromatic N) is 3. The maximum absolute atomic E-state index is 5.97. The maximum atomic E-state index is 5.97. The zero-order valence-electron chi connectivity index (χ0n) is 9.39. The van der Waals surface area contributed by atoms with Gasteiger partial charge in [-0.15, -0.1) is 11.3 Å². The molecule has 1 aliphatic rings. The quantitative estimate of drug-likeness (QED) is 0.746. The molecule has 0 spiro atoms. The average Bonchev–Trinajstić information content (AvgIpc) is 2.76. The van der Waals surface area contributed by atoms with Crippen LogP contribution in [0.3, 0.4) is 0 Å². The summed E-state index contributed by atoms with van der Waals surface area (Å²) in [5.74, 6) is 0.936. The standard InChI is InChI=1S/C11H12ClN3OS/c1-7-6-16-4-3-15(7)10-9-8(2-5-17-9)13-11(12)14-10/h2,5,7H,3-4,6H2,1H3/t7-/m1/s1. The minimum absolute atomic E-state index is 0.310. The first kappa shape index (κ1) is 11.2. The lowest BCUT2D eigenvalue weighted by Gasteiger charge is -2.34. The Kier molecular flexibility index (Phi) is 2.90. The van der Waals surface area contributed by atoms with E-state index in [9.17, 15) is 0 Å². The van der Waals surface area contributed by atoms with E-state index in [4.69, 9.17) is 16.3 Å². The number of thiophene rings is 1. The normalized spacial score (nSPS) is 21.1. The van der Waals surface area contributed by atoms with Crippen molar-refractivity contribution in [1.29, 1.82) is 0 Å². The highest BCUT2D eigenvalue weighted by Crippen LogP contribution is 2.31. The Balaban J connectivity index is 2.11. The minimum Gasteiger partial charge on any atom is -0.377 e. The summed E-state index contributed by atoms with van der Waals surface area (Å²) in [7, 11) is 0. The molecule has 0 unspecified atom stereocenters. The van der Waals surface area contributed by atoms with Crippen molar-refractivity contribution in [2.75, 3.05) is 24.7 Å². The molecule has 1 aliphatic heterocycles. The van der Waals surface area contributed by atoms with Crippen molar-refractivity contribution >= 4 is 39.0 Å². The summed E-state index contributed by atoms with van der Waals surface area (Å²) in [4.78, 5) is 10.9. The molecule has 0 N–H and O–H groups in total. The lowest BCUT2D eigenvalue weighted by Crippen LogP contribution is -2.44. The van der Waals surface area contributed by atoms with Crippen LogP contribution >= 0.6 is 22.9 Å². The van der Waals surface area contributed by atoms with Gasteiger partial charge in [0.2, 0.25) is 5.28 Å². The van der Waals surface area contributed by atoms with Crippen LogP contribution in [0.4, 0.5) is 5.82 Å². The van der Waals surface area contributed by atoms with Gasteiger partial charge in [0, 0.05) is 6.54 Å². The molecule has 0 aromatic carbocycles. The molecule has 1 saturated heterocycles. The summed E-state index contributed by atoms with van der Waals surface area (Å²) >= 11 is 7.62. The van der Waals surface area contributed by atoms with Crippen molar-refractivity contribution < 1.29 is 4.74 Å². The van der Waals surface area contributed by atoms with Crippen molar-refractivity contribution in [2.45, 2.75) is 13.0 Å². The average molecular weight is 270 g/mol. The molecule has 1 fully saturated rings. The minimum atomic E-state index is 0.310. The van der Waals surface area contributed by atoms with Crippen LogP contribution < -0.4 is 4.90 Å². The first-order valence-corrected chi connectivity index (χ1v) is 6.76. The third-order valence-corrected chi connectivity index (χ3v) is 3.97. The Hall–Kier alpha value is -0.910. The molecule has 0 aliphatic carbocycles. The largest absolute Gasteiger partial charge is 0.377 e. The van der Waals surface area contributed by atoms with E-state index in [1.807, 2.05) is 11.4 Å². The molecule has 4 nitrogen and oxygen atoms in total. The van der Waals surface area contributed by atoms with Gasteiger partial charge < -0.3 is 9.64 Å². The summed E-state index contributed by atoms with van der Waals surface area (Å²) in [6.45, 7) is 4.45. The summed E-state index contributed by atoms with van der Waals surface area (Å²) in [5, 5.41) is 2.33. The molecular weight excluding hydrogens is 258 g/mol. The van der Waals surface area contributed by atoms with Gasteiger partial charge >= 0.3 is 0 Å². The van der Waals surface area contributed by atoms with E-state index in [0.717, 1.165) is 35.8 Å². The summed E-state index contributed by atoms with van der Waals surface area (Å²) < 4.78 is 6.54. The lowest BCUT2D eigenvalue weighted by molar-refractivity contribution is 0.0987. The van der Waals surface area contributed by atoms with E-state index in [0.29, 0.717) is 11.3 Å². The second-order valence-corrected chi connectivity index (χ2v) is 5.32. The van der Waals surface area contributed by atoms with Crippen LogP contribution in [-0.2, 0) is 4.74 Å². The van der Waals surface area contributed by atoms with E-state index >= 15 is 0 Å². The molecule has 0 radical (unpaired) electrons. The molecule has 6 heteroatoms. The highest BCUT2D eigenvalue weighted by Gasteiger charge is 2.23. The number of hydrogen-bond acceptors (Lipinski definition) is 5. The predicted molar refractivity (Wildman–Crippen MR) is 70.1 cm³/mol. The van der Waals surface area contributed by atoms with Gasteiger partial charge in [-0.25, -0.2) is 4.98 Å². The molecule has 90 valence electrons. The van der Waals surface area contributed by atoms with Crippen LogP contribution in [0, 0.1) is 0 Å². The Labute approximate surface area is 108 Å². The van der Waals surface area contributed by atoms with Crippen molar-refractivity contribution in [3.05, 3.63) is 16.7 Å². The number of morpholine rings is 1. The monoisotopic (exact) mass is 269 g/mol. The Morgan fingerprint density at radius 1 is 1.53 bits per heavy atom. The smallest absolute Gasteiger partial charge is 0.224 e. The second-order valence-electron chi connectivity index (χ2n) is 4.07. The van der Waals surface area contributed by atoms with Crippen molar-refractivity contribution in [3.8, 4) is 0 Å². The van der Waals surface area contributed by atoms with Gasteiger partial charge in [-0.05, 0) is 30.0 Å². The van der Waals surface area contributed by atoms with Crippen molar-refractivity contribution in [1.82, 2.24) is 9.97 Å². The summed E-state index contributed by atoms with van der Waals surface area (Å²) in [5.41, 5.74) is 0.920. The lowest BCUT2D eigenvalue weighted by atomic mass is 10.2. The fraction of sp³-hybridized carbons (Fsp3) is 0.455. The number of fused-ring (bicyclic) bond motifs is 1. The molecule has 0 amide bonds. The van der Waals surface area contributed by atoms with E-state index in [-0.39, 0.29) is 0 Å². The van der Waals surface area contributed by atoms with Gasteiger partial charge in [0.1, 0.15) is 0 Å². The van der Waals surface area contributed by atoms with Gasteiger partial charge in [0.15, 0.2) is 5.82 Å². The highest BCUT2D eigenvalue weighted by atomic mass is 35.5. The highest BCUT2D eigenvalue weighted by molar-refractivity contribution is 7.17. The first-order chi connectivity index (χ1) is 8.25. The van der Waals surface area contributed by atoms with E-state index in [2.05, 4.69) is 21.8 Å². The molecular formula is C11H12ClN3OS. The van der Waals surface area contributed by atoms with Crippen LogP contribution in [-0.4, -0.2) is 35.8 Å². The first-order valence-electron chi connectivity index (χ1n) is 5.51. The van der Waals surface area contributed by atoms with E-state index in [1.54, 1.807) is 11.3 Å². The summed E-state index contributed by atoms with van der Waals surface area (Å²) in [6.07, 6.45) is 0. The van der Waals surface area contributed by atoms with Crippen molar-refractivity contribution in [3.63, 3.8) is 0 Å². The molecule has 1 atom stereocenters. The Bertz CT molecular complexity index is 544. The van der Waals surface area contributed by atoms with Gasteiger partial charge in [0.25, 0.3) is 0 Å². The Morgan fingerprint density at radius 3 is 3.24 bits per heavy atom. The number of ether oxygens (including phenoxy) is 1. The van der Waals surface area contributed by atoms with Gasteiger partial charge in [-0.3, -0.25) is 0 Å². The van der Waals surface area contributed by atoms with Gasteiger partial charge in [0.05, 0.1) is 29.5 Å². The van der Waals surface area contributed by atoms with Crippen LogP contribution in [0.5, 0.6) is 0 Å². The van der Waals surface area contributed by atoms with Crippen molar-refractivity contribution in [2.24, 2.45) is 0 Å². The van der Waals surface area contributed by atoms with Crippen LogP contribution in [0.2, 0.25) is 5.28 Å². The molecule has 3 rings (SSSR count). The number of hydrogen-bond donors (Lipinski definition) is 0. The number of rotatable bonds is 1. The zero-order chi connectivity index (χ0) is 11.8. The van der Waals surface area contributed by atoms with Gasteiger partial charge in [-0.1, -0.05) is 0 Å². The number of anilines is 1.